The average molecular weight is 354 g/mol. The molecule has 0 spiro atoms. The number of hydrogen-bond acceptors (Lipinski definition) is 3. The Balaban J connectivity index is 2.07. The van der Waals surface area contributed by atoms with Crippen LogP contribution >= 0.6 is 23.2 Å². The van der Waals surface area contributed by atoms with Crippen LogP contribution in [0.15, 0.2) is 36.4 Å². The summed E-state index contributed by atoms with van der Waals surface area (Å²) in [5, 5.41) is 4.55. The summed E-state index contributed by atoms with van der Waals surface area (Å²) < 4.78 is 11.3. The Morgan fingerprint density at radius 2 is 1.78 bits per heavy atom. The van der Waals surface area contributed by atoms with Gasteiger partial charge in [0.15, 0.2) is 11.5 Å². The number of ether oxygens (including phenoxy) is 2. The van der Waals surface area contributed by atoms with Crippen LogP contribution in [0.5, 0.6) is 11.5 Å². The number of benzene rings is 2. The first-order valence-electron chi connectivity index (χ1n) is 7.59. The molecule has 0 aliphatic rings. The molecule has 23 heavy (non-hydrogen) atoms. The van der Waals surface area contributed by atoms with Crippen molar-refractivity contribution in [3.8, 4) is 11.5 Å². The molecule has 3 nitrogen and oxygen atoms in total. The lowest BCUT2D eigenvalue weighted by atomic mass is 10.2. The molecule has 0 amide bonds. The highest BCUT2D eigenvalue weighted by Crippen LogP contribution is 2.31. The molecule has 124 valence electrons. The van der Waals surface area contributed by atoms with E-state index in [0.717, 1.165) is 30.6 Å². The SMILES string of the molecule is CCCNCc1ccc(OCc2c(Cl)cccc2Cl)c(OC)c1. The van der Waals surface area contributed by atoms with E-state index in [1.807, 2.05) is 24.3 Å². The molecule has 2 aromatic rings. The van der Waals surface area contributed by atoms with Gasteiger partial charge >= 0.3 is 0 Å². The van der Waals surface area contributed by atoms with Gasteiger partial charge in [-0.25, -0.2) is 0 Å². The lowest BCUT2D eigenvalue weighted by Gasteiger charge is -2.14. The first-order valence-corrected chi connectivity index (χ1v) is 8.34. The van der Waals surface area contributed by atoms with Crippen LogP contribution in [-0.4, -0.2) is 13.7 Å². The van der Waals surface area contributed by atoms with Gasteiger partial charge in [-0.15, -0.1) is 0 Å². The highest BCUT2D eigenvalue weighted by molar-refractivity contribution is 6.35. The van der Waals surface area contributed by atoms with Gasteiger partial charge in [-0.05, 0) is 42.8 Å². The molecular weight excluding hydrogens is 333 g/mol. The molecule has 0 aliphatic heterocycles. The van der Waals surface area contributed by atoms with Gasteiger partial charge in [0, 0.05) is 22.2 Å². The van der Waals surface area contributed by atoms with Crippen molar-refractivity contribution in [3.63, 3.8) is 0 Å². The monoisotopic (exact) mass is 353 g/mol. The normalized spacial score (nSPS) is 10.6. The van der Waals surface area contributed by atoms with E-state index in [1.165, 1.54) is 0 Å². The molecule has 0 heterocycles. The minimum Gasteiger partial charge on any atom is -0.493 e. The molecule has 0 atom stereocenters. The molecule has 0 radical (unpaired) electrons. The Hall–Kier alpha value is -1.42. The predicted molar refractivity (Wildman–Crippen MR) is 95.8 cm³/mol. The fraction of sp³-hybridized carbons (Fsp3) is 0.333. The van der Waals surface area contributed by atoms with Crippen molar-refractivity contribution in [2.75, 3.05) is 13.7 Å². The topological polar surface area (TPSA) is 30.5 Å². The fourth-order valence-corrected chi connectivity index (χ4v) is 2.68. The maximum atomic E-state index is 6.16. The molecule has 0 unspecified atom stereocenters. The minimum absolute atomic E-state index is 0.294. The molecule has 5 heteroatoms. The molecule has 0 saturated carbocycles. The number of halogens is 2. The highest BCUT2D eigenvalue weighted by atomic mass is 35.5. The molecule has 0 fully saturated rings. The van der Waals surface area contributed by atoms with E-state index >= 15 is 0 Å². The summed E-state index contributed by atoms with van der Waals surface area (Å²) in [4.78, 5) is 0. The summed E-state index contributed by atoms with van der Waals surface area (Å²) in [5.41, 5.74) is 1.92. The van der Waals surface area contributed by atoms with E-state index in [1.54, 1.807) is 19.2 Å². The zero-order chi connectivity index (χ0) is 16.7. The second kappa shape index (κ2) is 9.02. The Bertz CT molecular complexity index is 627. The minimum atomic E-state index is 0.294. The second-order valence-electron chi connectivity index (χ2n) is 5.15. The molecular formula is C18H21Cl2NO2. The predicted octanol–water partition coefficient (Wildman–Crippen LogP) is 5.08. The van der Waals surface area contributed by atoms with Crippen molar-refractivity contribution in [3.05, 3.63) is 57.6 Å². The number of methoxy groups -OCH3 is 1. The lowest BCUT2D eigenvalue weighted by Crippen LogP contribution is -2.13. The summed E-state index contributed by atoms with van der Waals surface area (Å²) in [6.07, 6.45) is 1.11. The van der Waals surface area contributed by atoms with Crippen LogP contribution in [0.3, 0.4) is 0 Å². The van der Waals surface area contributed by atoms with Crippen molar-refractivity contribution < 1.29 is 9.47 Å². The van der Waals surface area contributed by atoms with Crippen molar-refractivity contribution in [2.24, 2.45) is 0 Å². The second-order valence-corrected chi connectivity index (χ2v) is 5.97. The van der Waals surface area contributed by atoms with Crippen molar-refractivity contribution in [1.29, 1.82) is 0 Å². The summed E-state index contributed by atoms with van der Waals surface area (Å²) in [6, 6.07) is 11.3. The van der Waals surface area contributed by atoms with Crippen LogP contribution in [0.2, 0.25) is 10.0 Å². The summed E-state index contributed by atoms with van der Waals surface area (Å²) >= 11 is 12.3. The smallest absolute Gasteiger partial charge is 0.161 e. The molecule has 0 aromatic heterocycles. The molecule has 2 rings (SSSR count). The Morgan fingerprint density at radius 3 is 2.43 bits per heavy atom. The van der Waals surface area contributed by atoms with Gasteiger partial charge in [0.1, 0.15) is 6.61 Å². The Morgan fingerprint density at radius 1 is 1.04 bits per heavy atom. The van der Waals surface area contributed by atoms with Gasteiger partial charge in [0.25, 0.3) is 0 Å². The summed E-state index contributed by atoms with van der Waals surface area (Å²) in [7, 11) is 1.63. The molecule has 0 bridgehead atoms. The van der Waals surface area contributed by atoms with Gasteiger partial charge in [-0.3, -0.25) is 0 Å². The third kappa shape index (κ3) is 5.03. The highest BCUT2D eigenvalue weighted by Gasteiger charge is 2.10. The third-order valence-electron chi connectivity index (χ3n) is 3.42. The fourth-order valence-electron chi connectivity index (χ4n) is 2.17. The summed E-state index contributed by atoms with van der Waals surface area (Å²) in [6.45, 7) is 4.24. The van der Waals surface area contributed by atoms with Gasteiger partial charge in [-0.1, -0.05) is 42.3 Å². The van der Waals surface area contributed by atoms with E-state index in [0.29, 0.717) is 28.2 Å². The van der Waals surface area contributed by atoms with E-state index in [-0.39, 0.29) is 0 Å². The summed E-state index contributed by atoms with van der Waals surface area (Å²) in [5.74, 6) is 1.37. The third-order valence-corrected chi connectivity index (χ3v) is 4.13. The van der Waals surface area contributed by atoms with Crippen LogP contribution in [0.4, 0.5) is 0 Å². The maximum Gasteiger partial charge on any atom is 0.161 e. The average Bonchev–Trinajstić information content (AvgIpc) is 2.55. The lowest BCUT2D eigenvalue weighted by molar-refractivity contribution is 0.284. The number of hydrogen-bond donors (Lipinski definition) is 1. The van der Waals surface area contributed by atoms with E-state index in [9.17, 15) is 0 Å². The number of rotatable bonds is 8. The van der Waals surface area contributed by atoms with Crippen LogP contribution in [0.25, 0.3) is 0 Å². The van der Waals surface area contributed by atoms with Crippen LogP contribution in [0, 0.1) is 0 Å². The Kier molecular flexibility index (Phi) is 7.03. The van der Waals surface area contributed by atoms with Crippen LogP contribution in [-0.2, 0) is 13.2 Å². The first kappa shape index (κ1) is 17.9. The standard InChI is InChI=1S/C18H21Cl2NO2/c1-3-9-21-11-13-7-8-17(18(10-13)22-2)23-12-14-15(19)5-4-6-16(14)20/h4-8,10,21H,3,9,11-12H2,1-2H3. The molecule has 2 aromatic carbocycles. The quantitative estimate of drug-likeness (QED) is 0.671. The Labute approximate surface area is 147 Å². The van der Waals surface area contributed by atoms with Gasteiger partial charge in [-0.2, -0.15) is 0 Å². The zero-order valence-corrected chi connectivity index (χ0v) is 14.9. The maximum absolute atomic E-state index is 6.16. The number of nitrogens with one attached hydrogen (secondary N) is 1. The molecule has 0 aliphatic carbocycles. The largest absolute Gasteiger partial charge is 0.493 e. The zero-order valence-electron chi connectivity index (χ0n) is 13.4. The van der Waals surface area contributed by atoms with Gasteiger partial charge < -0.3 is 14.8 Å². The van der Waals surface area contributed by atoms with Crippen LogP contribution < -0.4 is 14.8 Å². The van der Waals surface area contributed by atoms with Crippen molar-refractivity contribution in [2.45, 2.75) is 26.5 Å². The first-order chi connectivity index (χ1) is 11.2. The van der Waals surface area contributed by atoms with E-state index < -0.39 is 0 Å². The van der Waals surface area contributed by atoms with Crippen LogP contribution in [0.1, 0.15) is 24.5 Å². The van der Waals surface area contributed by atoms with Gasteiger partial charge in [0.05, 0.1) is 7.11 Å². The van der Waals surface area contributed by atoms with E-state index in [2.05, 4.69) is 12.2 Å². The molecule has 1 N–H and O–H groups in total. The van der Waals surface area contributed by atoms with E-state index in [4.69, 9.17) is 32.7 Å². The van der Waals surface area contributed by atoms with Crippen molar-refractivity contribution >= 4 is 23.2 Å². The van der Waals surface area contributed by atoms with Gasteiger partial charge in [0.2, 0.25) is 0 Å². The van der Waals surface area contributed by atoms with Crippen molar-refractivity contribution in [1.82, 2.24) is 5.32 Å². The molecule has 0 saturated heterocycles.